The molecule has 15 heavy (non-hydrogen) atoms. The van der Waals surface area contributed by atoms with Gasteiger partial charge in [-0.05, 0) is 33.4 Å². The number of likely N-dealkylation sites (N-methyl/N-ethyl adjacent to an activating group) is 1. The van der Waals surface area contributed by atoms with Gasteiger partial charge in [-0.1, -0.05) is 13.8 Å². The van der Waals surface area contributed by atoms with Crippen LogP contribution in [0.5, 0.6) is 0 Å². The Hall–Kier alpha value is -0.610. The number of hydrogen-bond donors (Lipinski definition) is 2. The Bertz CT molecular complexity index is 187. The molecule has 0 aromatic rings. The Morgan fingerprint density at radius 2 is 1.93 bits per heavy atom. The average Bonchev–Trinajstić information content (AvgIpc) is 2.14. The van der Waals surface area contributed by atoms with Gasteiger partial charge in [0, 0.05) is 13.1 Å². The molecule has 0 rings (SSSR count). The minimum absolute atomic E-state index is 0.0879. The number of hydrogen-bond acceptors (Lipinski definition) is 3. The predicted molar refractivity (Wildman–Crippen MR) is 63.7 cm³/mol. The van der Waals surface area contributed by atoms with E-state index < -0.39 is 5.54 Å². The van der Waals surface area contributed by atoms with Crippen molar-refractivity contribution in [3.8, 4) is 0 Å². The second kappa shape index (κ2) is 6.80. The summed E-state index contributed by atoms with van der Waals surface area (Å²) in [5.74, 6) is -0.0879. The van der Waals surface area contributed by atoms with Crippen LogP contribution < -0.4 is 11.1 Å². The Morgan fingerprint density at radius 1 is 1.33 bits per heavy atom. The van der Waals surface area contributed by atoms with E-state index in [4.69, 9.17) is 5.73 Å². The molecule has 0 saturated heterocycles. The van der Waals surface area contributed by atoms with E-state index in [0.29, 0.717) is 6.54 Å². The SMILES string of the molecule is CCCN(CC)CCNC(=O)C(C)(C)N. The number of nitrogens with one attached hydrogen (secondary N) is 1. The van der Waals surface area contributed by atoms with E-state index in [0.717, 1.165) is 26.1 Å². The molecule has 0 saturated carbocycles. The van der Waals surface area contributed by atoms with Gasteiger partial charge in [-0.3, -0.25) is 4.79 Å². The highest BCUT2D eigenvalue weighted by molar-refractivity contribution is 5.84. The number of amides is 1. The molecule has 0 aromatic heterocycles. The van der Waals surface area contributed by atoms with Crippen LogP contribution in [-0.4, -0.2) is 42.5 Å². The van der Waals surface area contributed by atoms with Crippen LogP contribution in [0.1, 0.15) is 34.1 Å². The van der Waals surface area contributed by atoms with Crippen LogP contribution in [0.15, 0.2) is 0 Å². The maximum absolute atomic E-state index is 11.4. The highest BCUT2D eigenvalue weighted by Gasteiger charge is 2.20. The van der Waals surface area contributed by atoms with Crippen LogP contribution in [0.25, 0.3) is 0 Å². The molecule has 3 N–H and O–H groups in total. The van der Waals surface area contributed by atoms with Crippen LogP contribution in [0.4, 0.5) is 0 Å². The average molecular weight is 215 g/mol. The predicted octanol–water partition coefficient (Wildman–Crippen LogP) is 0.572. The maximum Gasteiger partial charge on any atom is 0.239 e. The van der Waals surface area contributed by atoms with Crippen LogP contribution >= 0.6 is 0 Å². The van der Waals surface area contributed by atoms with Gasteiger partial charge in [0.2, 0.25) is 5.91 Å². The summed E-state index contributed by atoms with van der Waals surface area (Å²) in [5, 5.41) is 2.84. The second-order valence-corrected chi connectivity index (χ2v) is 4.41. The first-order chi connectivity index (χ1) is 6.91. The number of rotatable bonds is 7. The maximum atomic E-state index is 11.4. The smallest absolute Gasteiger partial charge is 0.239 e. The summed E-state index contributed by atoms with van der Waals surface area (Å²) in [6.07, 6.45) is 1.14. The van der Waals surface area contributed by atoms with Gasteiger partial charge in [0.05, 0.1) is 5.54 Å². The third kappa shape index (κ3) is 6.47. The fourth-order valence-electron chi connectivity index (χ4n) is 1.30. The zero-order chi connectivity index (χ0) is 11.9. The summed E-state index contributed by atoms with van der Waals surface area (Å²) in [6, 6.07) is 0. The van der Waals surface area contributed by atoms with Crippen molar-refractivity contribution in [2.45, 2.75) is 39.7 Å². The van der Waals surface area contributed by atoms with Gasteiger partial charge in [-0.2, -0.15) is 0 Å². The lowest BCUT2D eigenvalue weighted by molar-refractivity contribution is -0.125. The molecule has 0 atom stereocenters. The van der Waals surface area contributed by atoms with E-state index in [9.17, 15) is 4.79 Å². The van der Waals surface area contributed by atoms with Crippen LogP contribution in [0, 0.1) is 0 Å². The summed E-state index contributed by atoms with van der Waals surface area (Å²) in [6.45, 7) is 11.4. The molecule has 0 spiro atoms. The summed E-state index contributed by atoms with van der Waals surface area (Å²) in [7, 11) is 0. The number of carbonyl (C=O) groups is 1. The third-order valence-corrected chi connectivity index (χ3v) is 2.29. The zero-order valence-electron chi connectivity index (χ0n) is 10.5. The molecule has 0 heterocycles. The Kier molecular flexibility index (Phi) is 6.52. The molecular weight excluding hydrogens is 190 g/mol. The largest absolute Gasteiger partial charge is 0.353 e. The van der Waals surface area contributed by atoms with Crippen LogP contribution in [0.3, 0.4) is 0 Å². The molecule has 0 aliphatic heterocycles. The lowest BCUT2D eigenvalue weighted by atomic mass is 10.1. The van der Waals surface area contributed by atoms with Gasteiger partial charge in [-0.15, -0.1) is 0 Å². The summed E-state index contributed by atoms with van der Waals surface area (Å²) in [4.78, 5) is 13.7. The summed E-state index contributed by atoms with van der Waals surface area (Å²) < 4.78 is 0. The first kappa shape index (κ1) is 14.4. The van der Waals surface area contributed by atoms with Crippen molar-refractivity contribution in [3.63, 3.8) is 0 Å². The molecule has 90 valence electrons. The Labute approximate surface area is 93.2 Å². The molecule has 4 heteroatoms. The minimum Gasteiger partial charge on any atom is -0.353 e. The molecule has 1 amide bonds. The first-order valence-electron chi connectivity index (χ1n) is 5.71. The molecule has 0 bridgehead atoms. The van der Waals surface area contributed by atoms with E-state index >= 15 is 0 Å². The van der Waals surface area contributed by atoms with Gasteiger partial charge in [0.1, 0.15) is 0 Å². The number of nitrogens with two attached hydrogens (primary N) is 1. The molecule has 0 fully saturated rings. The molecule has 0 aliphatic carbocycles. The van der Waals surface area contributed by atoms with E-state index in [1.165, 1.54) is 0 Å². The molecule has 4 nitrogen and oxygen atoms in total. The molecule has 0 aromatic carbocycles. The van der Waals surface area contributed by atoms with Gasteiger partial charge in [-0.25, -0.2) is 0 Å². The lowest BCUT2D eigenvalue weighted by Crippen LogP contribution is -2.50. The van der Waals surface area contributed by atoms with E-state index in [1.54, 1.807) is 13.8 Å². The first-order valence-corrected chi connectivity index (χ1v) is 5.71. The standard InChI is InChI=1S/C11H25N3O/c1-5-8-14(6-2)9-7-13-10(15)11(3,4)12/h5-9,12H2,1-4H3,(H,13,15). The highest BCUT2D eigenvalue weighted by Crippen LogP contribution is 1.95. The summed E-state index contributed by atoms with van der Waals surface area (Å²) in [5.41, 5.74) is 4.89. The Balaban J connectivity index is 3.73. The molecule has 0 unspecified atom stereocenters. The van der Waals surface area contributed by atoms with Crippen molar-refractivity contribution in [3.05, 3.63) is 0 Å². The normalized spacial score (nSPS) is 11.9. The zero-order valence-corrected chi connectivity index (χ0v) is 10.5. The minimum atomic E-state index is -0.776. The third-order valence-electron chi connectivity index (χ3n) is 2.29. The highest BCUT2D eigenvalue weighted by atomic mass is 16.2. The van der Waals surface area contributed by atoms with E-state index in [-0.39, 0.29) is 5.91 Å². The van der Waals surface area contributed by atoms with Gasteiger partial charge in [0.15, 0.2) is 0 Å². The van der Waals surface area contributed by atoms with Crippen molar-refractivity contribution in [1.82, 2.24) is 10.2 Å². The lowest BCUT2D eigenvalue weighted by Gasteiger charge is -2.22. The van der Waals surface area contributed by atoms with Gasteiger partial charge >= 0.3 is 0 Å². The number of carbonyl (C=O) groups excluding carboxylic acids is 1. The molecular formula is C11H25N3O. The Morgan fingerprint density at radius 3 is 2.33 bits per heavy atom. The van der Waals surface area contributed by atoms with Gasteiger partial charge < -0.3 is 16.0 Å². The fraction of sp³-hybridized carbons (Fsp3) is 0.909. The molecule has 0 aliphatic rings. The monoisotopic (exact) mass is 215 g/mol. The summed E-state index contributed by atoms with van der Waals surface area (Å²) >= 11 is 0. The van der Waals surface area contributed by atoms with E-state index in [2.05, 4.69) is 24.1 Å². The van der Waals surface area contributed by atoms with E-state index in [1.807, 2.05) is 0 Å². The second-order valence-electron chi connectivity index (χ2n) is 4.41. The van der Waals surface area contributed by atoms with Crippen molar-refractivity contribution in [1.29, 1.82) is 0 Å². The van der Waals surface area contributed by atoms with Crippen LogP contribution in [-0.2, 0) is 4.79 Å². The van der Waals surface area contributed by atoms with Crippen molar-refractivity contribution < 1.29 is 4.79 Å². The van der Waals surface area contributed by atoms with Gasteiger partial charge in [0.25, 0.3) is 0 Å². The van der Waals surface area contributed by atoms with Crippen molar-refractivity contribution >= 4 is 5.91 Å². The fourth-order valence-corrected chi connectivity index (χ4v) is 1.30. The molecule has 0 radical (unpaired) electrons. The van der Waals surface area contributed by atoms with Crippen molar-refractivity contribution in [2.75, 3.05) is 26.2 Å². The van der Waals surface area contributed by atoms with Crippen LogP contribution in [0.2, 0.25) is 0 Å². The quantitative estimate of drug-likeness (QED) is 0.653. The number of nitrogens with zero attached hydrogens (tertiary/aromatic N) is 1. The van der Waals surface area contributed by atoms with Crippen molar-refractivity contribution in [2.24, 2.45) is 5.73 Å². The topological polar surface area (TPSA) is 58.4 Å².